The molecule has 1 heterocycles. The fourth-order valence-corrected chi connectivity index (χ4v) is 3.59. The molecular formula is C25H27N3O. The Balaban J connectivity index is 1.55. The lowest BCUT2D eigenvalue weighted by molar-refractivity contribution is 0.340. The van der Waals surface area contributed by atoms with Crippen molar-refractivity contribution < 1.29 is 4.74 Å². The monoisotopic (exact) mass is 385 g/mol. The molecule has 0 bridgehead atoms. The largest absolute Gasteiger partial charge is 0.494 e. The SMILES string of the molecule is CCOc1ccc(-n2c(C)nc3cc(NCc4ccc(CC)cc4)ccc32)cc1. The molecule has 4 aromatic rings. The van der Waals surface area contributed by atoms with E-state index in [0.717, 1.165) is 46.9 Å². The van der Waals surface area contributed by atoms with Gasteiger partial charge in [0.15, 0.2) is 0 Å². The third kappa shape index (κ3) is 4.11. The van der Waals surface area contributed by atoms with Crippen LogP contribution in [0.15, 0.2) is 66.7 Å². The highest BCUT2D eigenvalue weighted by atomic mass is 16.5. The molecule has 1 aromatic heterocycles. The van der Waals surface area contributed by atoms with Gasteiger partial charge in [0.1, 0.15) is 11.6 Å². The second-order valence-corrected chi connectivity index (χ2v) is 7.15. The predicted octanol–water partition coefficient (Wildman–Crippen LogP) is 5.91. The molecule has 0 saturated carbocycles. The molecule has 0 amide bonds. The van der Waals surface area contributed by atoms with Crippen LogP contribution in [0.5, 0.6) is 5.75 Å². The number of rotatable bonds is 7. The van der Waals surface area contributed by atoms with Crippen LogP contribution in [0.2, 0.25) is 0 Å². The maximum absolute atomic E-state index is 5.55. The maximum Gasteiger partial charge on any atom is 0.119 e. The van der Waals surface area contributed by atoms with Gasteiger partial charge in [-0.25, -0.2) is 4.98 Å². The van der Waals surface area contributed by atoms with Crippen LogP contribution < -0.4 is 10.1 Å². The van der Waals surface area contributed by atoms with E-state index in [2.05, 4.69) is 71.4 Å². The van der Waals surface area contributed by atoms with Gasteiger partial charge in [0.25, 0.3) is 0 Å². The molecule has 0 atom stereocenters. The van der Waals surface area contributed by atoms with Crippen LogP contribution in [0.4, 0.5) is 5.69 Å². The molecule has 0 saturated heterocycles. The molecule has 4 nitrogen and oxygen atoms in total. The fourth-order valence-electron chi connectivity index (χ4n) is 3.59. The molecule has 0 spiro atoms. The molecule has 0 fully saturated rings. The number of anilines is 1. The van der Waals surface area contributed by atoms with Gasteiger partial charge in [0.2, 0.25) is 0 Å². The van der Waals surface area contributed by atoms with Gasteiger partial charge in [-0.1, -0.05) is 31.2 Å². The van der Waals surface area contributed by atoms with Crippen molar-refractivity contribution >= 4 is 16.7 Å². The average molecular weight is 386 g/mol. The number of fused-ring (bicyclic) bond motifs is 1. The van der Waals surface area contributed by atoms with Crippen molar-refractivity contribution in [2.45, 2.75) is 33.7 Å². The fraction of sp³-hybridized carbons (Fsp3) is 0.240. The van der Waals surface area contributed by atoms with Crippen LogP contribution in [0.3, 0.4) is 0 Å². The first kappa shape index (κ1) is 19.1. The lowest BCUT2D eigenvalue weighted by atomic mass is 10.1. The summed E-state index contributed by atoms with van der Waals surface area (Å²) in [7, 11) is 0. The van der Waals surface area contributed by atoms with Crippen LogP contribution in [0, 0.1) is 6.92 Å². The van der Waals surface area contributed by atoms with Gasteiger partial charge in [-0.15, -0.1) is 0 Å². The number of imidazole rings is 1. The van der Waals surface area contributed by atoms with E-state index in [-0.39, 0.29) is 0 Å². The van der Waals surface area contributed by atoms with E-state index in [1.165, 1.54) is 11.1 Å². The molecule has 0 aliphatic heterocycles. The van der Waals surface area contributed by atoms with E-state index in [1.807, 2.05) is 26.0 Å². The van der Waals surface area contributed by atoms with E-state index in [9.17, 15) is 0 Å². The molecule has 0 unspecified atom stereocenters. The van der Waals surface area contributed by atoms with Crippen molar-refractivity contribution in [3.8, 4) is 11.4 Å². The lowest BCUT2D eigenvalue weighted by Crippen LogP contribution is -2.00. The van der Waals surface area contributed by atoms with Crippen LogP contribution in [-0.2, 0) is 13.0 Å². The molecule has 1 N–H and O–H groups in total. The van der Waals surface area contributed by atoms with Gasteiger partial charge in [0.05, 0.1) is 17.6 Å². The molecule has 0 aliphatic rings. The summed E-state index contributed by atoms with van der Waals surface area (Å²) in [6, 6.07) is 23.3. The molecule has 4 heteroatoms. The van der Waals surface area contributed by atoms with E-state index in [0.29, 0.717) is 6.61 Å². The van der Waals surface area contributed by atoms with E-state index >= 15 is 0 Å². The number of benzene rings is 3. The van der Waals surface area contributed by atoms with E-state index in [1.54, 1.807) is 0 Å². The van der Waals surface area contributed by atoms with Crippen molar-refractivity contribution in [1.29, 1.82) is 0 Å². The minimum absolute atomic E-state index is 0.672. The van der Waals surface area contributed by atoms with Gasteiger partial charge in [-0.05, 0) is 73.9 Å². The Morgan fingerprint density at radius 3 is 2.31 bits per heavy atom. The van der Waals surface area contributed by atoms with Crippen LogP contribution in [0.25, 0.3) is 16.7 Å². The van der Waals surface area contributed by atoms with Gasteiger partial charge in [-0.3, -0.25) is 4.57 Å². The summed E-state index contributed by atoms with van der Waals surface area (Å²) in [5.74, 6) is 1.85. The first-order valence-electron chi connectivity index (χ1n) is 10.2. The molecular weight excluding hydrogens is 358 g/mol. The summed E-state index contributed by atoms with van der Waals surface area (Å²) in [6.45, 7) is 7.68. The highest BCUT2D eigenvalue weighted by Gasteiger charge is 2.10. The van der Waals surface area contributed by atoms with Crippen molar-refractivity contribution in [2.75, 3.05) is 11.9 Å². The zero-order valence-corrected chi connectivity index (χ0v) is 17.3. The Morgan fingerprint density at radius 1 is 0.897 bits per heavy atom. The van der Waals surface area contributed by atoms with Crippen molar-refractivity contribution in [3.63, 3.8) is 0 Å². The zero-order chi connectivity index (χ0) is 20.2. The lowest BCUT2D eigenvalue weighted by Gasteiger charge is -2.10. The summed E-state index contributed by atoms with van der Waals surface area (Å²) >= 11 is 0. The number of ether oxygens (including phenoxy) is 1. The number of aromatic nitrogens is 2. The molecule has 0 radical (unpaired) electrons. The Kier molecular flexibility index (Phi) is 5.52. The number of nitrogens with one attached hydrogen (secondary N) is 1. The minimum Gasteiger partial charge on any atom is -0.494 e. The highest BCUT2D eigenvalue weighted by Crippen LogP contribution is 2.25. The van der Waals surface area contributed by atoms with Gasteiger partial charge >= 0.3 is 0 Å². The zero-order valence-electron chi connectivity index (χ0n) is 17.3. The summed E-state index contributed by atoms with van der Waals surface area (Å²) in [6.07, 6.45) is 1.07. The van der Waals surface area contributed by atoms with Crippen LogP contribution >= 0.6 is 0 Å². The Morgan fingerprint density at radius 2 is 1.62 bits per heavy atom. The first-order chi connectivity index (χ1) is 14.2. The van der Waals surface area contributed by atoms with Crippen LogP contribution in [0.1, 0.15) is 30.8 Å². The smallest absolute Gasteiger partial charge is 0.119 e. The Bertz CT molecular complexity index is 1100. The van der Waals surface area contributed by atoms with Gasteiger partial charge in [-0.2, -0.15) is 0 Å². The molecule has 0 aliphatic carbocycles. The quantitative estimate of drug-likeness (QED) is 0.430. The first-order valence-corrected chi connectivity index (χ1v) is 10.2. The van der Waals surface area contributed by atoms with E-state index < -0.39 is 0 Å². The highest BCUT2D eigenvalue weighted by molar-refractivity contribution is 5.82. The van der Waals surface area contributed by atoms with Crippen molar-refractivity contribution in [2.24, 2.45) is 0 Å². The average Bonchev–Trinajstić information content (AvgIpc) is 3.08. The third-order valence-corrected chi connectivity index (χ3v) is 5.16. The second kappa shape index (κ2) is 8.39. The normalized spacial score (nSPS) is 11.0. The third-order valence-electron chi connectivity index (χ3n) is 5.16. The topological polar surface area (TPSA) is 39.1 Å². The van der Waals surface area contributed by atoms with Crippen molar-refractivity contribution in [3.05, 3.63) is 83.7 Å². The Hall–Kier alpha value is -3.27. The van der Waals surface area contributed by atoms with E-state index in [4.69, 9.17) is 9.72 Å². The van der Waals surface area contributed by atoms with Gasteiger partial charge < -0.3 is 10.1 Å². The Labute approximate surface area is 172 Å². The summed E-state index contributed by atoms with van der Waals surface area (Å²) in [4.78, 5) is 4.78. The van der Waals surface area contributed by atoms with Crippen molar-refractivity contribution in [1.82, 2.24) is 9.55 Å². The maximum atomic E-state index is 5.55. The molecule has 148 valence electrons. The number of hydrogen-bond donors (Lipinski definition) is 1. The number of hydrogen-bond acceptors (Lipinski definition) is 3. The second-order valence-electron chi connectivity index (χ2n) is 7.15. The minimum atomic E-state index is 0.672. The molecule has 3 aromatic carbocycles. The molecule has 29 heavy (non-hydrogen) atoms. The predicted molar refractivity (Wildman–Crippen MR) is 120 cm³/mol. The summed E-state index contributed by atoms with van der Waals surface area (Å²) in [5.41, 5.74) is 6.90. The van der Waals surface area contributed by atoms with Gasteiger partial charge in [0, 0.05) is 17.9 Å². The summed E-state index contributed by atoms with van der Waals surface area (Å²) < 4.78 is 7.73. The molecule has 4 rings (SSSR count). The standard InChI is InChI=1S/C25H27N3O/c1-4-19-6-8-20(9-7-19)17-26-21-10-15-25-24(16-21)27-18(3)28(25)22-11-13-23(14-12-22)29-5-2/h6-16,26H,4-5,17H2,1-3H3. The number of aryl methyl sites for hydroxylation is 2. The summed E-state index contributed by atoms with van der Waals surface area (Å²) in [5, 5.41) is 3.51. The van der Waals surface area contributed by atoms with Crippen LogP contribution in [-0.4, -0.2) is 16.2 Å². The number of nitrogens with zero attached hydrogens (tertiary/aromatic N) is 2.